The first kappa shape index (κ1) is 9.47. The summed E-state index contributed by atoms with van der Waals surface area (Å²) in [5.41, 5.74) is 0. The van der Waals surface area contributed by atoms with Gasteiger partial charge in [0, 0.05) is 25.2 Å². The van der Waals surface area contributed by atoms with Gasteiger partial charge in [-0.1, -0.05) is 13.8 Å². The third-order valence-electron chi connectivity index (χ3n) is 3.76. The monoisotopic (exact) mass is 182 g/mol. The number of fused-ring (bicyclic) bond motifs is 1. The Labute approximate surface area is 81.9 Å². The van der Waals surface area contributed by atoms with Crippen LogP contribution < -0.4 is 0 Å². The Hall–Kier alpha value is -0.0800. The molecule has 0 bridgehead atoms. The fourth-order valence-electron chi connectivity index (χ4n) is 2.91. The van der Waals surface area contributed by atoms with Crippen LogP contribution in [0.3, 0.4) is 0 Å². The molecule has 2 saturated heterocycles. The average Bonchev–Trinajstić information content (AvgIpc) is 2.48. The van der Waals surface area contributed by atoms with E-state index in [0.717, 1.165) is 18.0 Å². The van der Waals surface area contributed by atoms with E-state index in [9.17, 15) is 0 Å². The van der Waals surface area contributed by atoms with Crippen molar-refractivity contribution in [3.05, 3.63) is 0 Å². The number of piperazine rings is 1. The molecule has 2 heterocycles. The summed E-state index contributed by atoms with van der Waals surface area (Å²) in [6.45, 7) is 8.64. The second-order valence-electron chi connectivity index (χ2n) is 5.04. The lowest BCUT2D eigenvalue weighted by molar-refractivity contribution is 0.0482. The van der Waals surface area contributed by atoms with E-state index < -0.39 is 0 Å². The first-order valence-electron chi connectivity index (χ1n) is 5.63. The van der Waals surface area contributed by atoms with Gasteiger partial charge in [0.25, 0.3) is 0 Å². The first-order chi connectivity index (χ1) is 6.18. The van der Waals surface area contributed by atoms with Crippen LogP contribution in [-0.2, 0) is 0 Å². The summed E-state index contributed by atoms with van der Waals surface area (Å²) in [5, 5.41) is 0. The van der Waals surface area contributed by atoms with E-state index in [0.29, 0.717) is 0 Å². The van der Waals surface area contributed by atoms with Crippen molar-refractivity contribution in [2.45, 2.75) is 38.8 Å². The van der Waals surface area contributed by atoms with Crippen LogP contribution in [0.1, 0.15) is 26.7 Å². The van der Waals surface area contributed by atoms with Crippen molar-refractivity contribution < 1.29 is 0 Å². The van der Waals surface area contributed by atoms with Crippen LogP contribution in [0, 0.1) is 5.92 Å². The second kappa shape index (κ2) is 3.58. The molecule has 0 aliphatic carbocycles. The summed E-state index contributed by atoms with van der Waals surface area (Å²) < 4.78 is 0. The highest BCUT2D eigenvalue weighted by Gasteiger charge is 2.35. The van der Waals surface area contributed by atoms with Crippen molar-refractivity contribution in [3.8, 4) is 0 Å². The van der Waals surface area contributed by atoms with Crippen LogP contribution >= 0.6 is 0 Å². The molecule has 0 aromatic carbocycles. The summed E-state index contributed by atoms with van der Waals surface area (Å²) in [4.78, 5) is 5.27. The predicted octanol–water partition coefficient (Wildman–Crippen LogP) is 1.42. The average molecular weight is 182 g/mol. The third-order valence-corrected chi connectivity index (χ3v) is 3.76. The zero-order valence-electron chi connectivity index (χ0n) is 9.16. The van der Waals surface area contributed by atoms with Crippen molar-refractivity contribution in [3.63, 3.8) is 0 Å². The highest BCUT2D eigenvalue weighted by molar-refractivity contribution is 4.91. The molecule has 2 atom stereocenters. The van der Waals surface area contributed by atoms with Gasteiger partial charge in [-0.2, -0.15) is 0 Å². The zero-order chi connectivity index (χ0) is 9.42. The molecular formula is C11H22N2. The Morgan fingerprint density at radius 3 is 2.69 bits per heavy atom. The van der Waals surface area contributed by atoms with Crippen LogP contribution in [0.15, 0.2) is 0 Å². The van der Waals surface area contributed by atoms with Gasteiger partial charge in [-0.3, -0.25) is 4.90 Å². The van der Waals surface area contributed by atoms with Gasteiger partial charge in [-0.05, 0) is 32.4 Å². The molecule has 0 N–H and O–H groups in total. The van der Waals surface area contributed by atoms with E-state index in [1.54, 1.807) is 0 Å². The molecule has 2 aliphatic rings. The Bertz CT molecular complexity index is 179. The molecule has 0 unspecified atom stereocenters. The third kappa shape index (κ3) is 1.75. The van der Waals surface area contributed by atoms with E-state index in [1.807, 2.05) is 0 Å². The van der Waals surface area contributed by atoms with Gasteiger partial charge in [-0.25, -0.2) is 0 Å². The molecule has 2 heteroatoms. The molecule has 0 radical (unpaired) electrons. The van der Waals surface area contributed by atoms with Crippen molar-refractivity contribution in [2.75, 3.05) is 26.7 Å². The van der Waals surface area contributed by atoms with Crippen molar-refractivity contribution in [2.24, 2.45) is 5.92 Å². The van der Waals surface area contributed by atoms with E-state index >= 15 is 0 Å². The first-order valence-corrected chi connectivity index (χ1v) is 5.63. The molecule has 2 rings (SSSR count). The Balaban J connectivity index is 2.01. The highest BCUT2D eigenvalue weighted by Crippen LogP contribution is 2.26. The summed E-state index contributed by atoms with van der Waals surface area (Å²) in [6.07, 6.45) is 2.85. The van der Waals surface area contributed by atoms with E-state index in [4.69, 9.17) is 0 Å². The molecule has 0 amide bonds. The molecule has 0 spiro atoms. The molecule has 2 fully saturated rings. The topological polar surface area (TPSA) is 6.48 Å². The van der Waals surface area contributed by atoms with E-state index in [1.165, 1.54) is 32.5 Å². The minimum Gasteiger partial charge on any atom is -0.300 e. The fourth-order valence-corrected chi connectivity index (χ4v) is 2.91. The van der Waals surface area contributed by atoms with Crippen LogP contribution in [0.5, 0.6) is 0 Å². The summed E-state index contributed by atoms with van der Waals surface area (Å²) >= 11 is 0. The van der Waals surface area contributed by atoms with Crippen LogP contribution in [0.25, 0.3) is 0 Å². The molecule has 0 aromatic rings. The SMILES string of the molecule is CC(C)[C@H]1CN2CCC[C@H]2CN1C. The van der Waals surface area contributed by atoms with Crippen molar-refractivity contribution in [1.29, 1.82) is 0 Å². The highest BCUT2D eigenvalue weighted by atomic mass is 15.3. The lowest BCUT2D eigenvalue weighted by atomic mass is 9.98. The fraction of sp³-hybridized carbons (Fsp3) is 1.00. The smallest absolute Gasteiger partial charge is 0.0243 e. The second-order valence-corrected chi connectivity index (χ2v) is 5.04. The van der Waals surface area contributed by atoms with E-state index in [2.05, 4.69) is 30.7 Å². The van der Waals surface area contributed by atoms with Gasteiger partial charge in [0.2, 0.25) is 0 Å². The molecular weight excluding hydrogens is 160 g/mol. The minimum atomic E-state index is 0.786. The number of nitrogens with zero attached hydrogens (tertiary/aromatic N) is 2. The van der Waals surface area contributed by atoms with Gasteiger partial charge < -0.3 is 4.90 Å². The van der Waals surface area contributed by atoms with Crippen LogP contribution in [0.2, 0.25) is 0 Å². The molecule has 0 saturated carbocycles. The van der Waals surface area contributed by atoms with Crippen molar-refractivity contribution >= 4 is 0 Å². The Morgan fingerprint density at radius 1 is 1.23 bits per heavy atom. The summed E-state index contributed by atoms with van der Waals surface area (Å²) in [5.74, 6) is 0.798. The number of rotatable bonds is 1. The normalized spacial score (nSPS) is 36.9. The van der Waals surface area contributed by atoms with Gasteiger partial charge in [0.1, 0.15) is 0 Å². The number of hydrogen-bond acceptors (Lipinski definition) is 2. The minimum absolute atomic E-state index is 0.786. The standard InChI is InChI=1S/C11H22N2/c1-9(2)11-8-13-6-4-5-10(13)7-12(11)3/h9-11H,4-8H2,1-3H3/t10-,11+/m0/s1. The van der Waals surface area contributed by atoms with Crippen molar-refractivity contribution in [1.82, 2.24) is 9.80 Å². The Morgan fingerprint density at radius 2 is 2.00 bits per heavy atom. The molecule has 2 nitrogen and oxygen atoms in total. The Kier molecular flexibility index (Phi) is 2.61. The molecule has 13 heavy (non-hydrogen) atoms. The maximum absolute atomic E-state index is 2.70. The zero-order valence-corrected chi connectivity index (χ0v) is 9.16. The lowest BCUT2D eigenvalue weighted by Gasteiger charge is -2.43. The predicted molar refractivity (Wildman–Crippen MR) is 55.9 cm³/mol. The van der Waals surface area contributed by atoms with Gasteiger partial charge >= 0.3 is 0 Å². The van der Waals surface area contributed by atoms with E-state index in [-0.39, 0.29) is 0 Å². The van der Waals surface area contributed by atoms with Crippen LogP contribution in [-0.4, -0.2) is 48.6 Å². The lowest BCUT2D eigenvalue weighted by Crippen LogP contribution is -2.56. The van der Waals surface area contributed by atoms with Gasteiger partial charge in [-0.15, -0.1) is 0 Å². The molecule has 76 valence electrons. The number of hydrogen-bond donors (Lipinski definition) is 0. The molecule has 0 aromatic heterocycles. The summed E-state index contributed by atoms with van der Waals surface area (Å²) in [7, 11) is 2.29. The maximum Gasteiger partial charge on any atom is 0.0243 e. The molecule has 2 aliphatic heterocycles. The largest absolute Gasteiger partial charge is 0.300 e. The maximum atomic E-state index is 2.70. The van der Waals surface area contributed by atoms with Gasteiger partial charge in [0.05, 0.1) is 0 Å². The quantitative estimate of drug-likeness (QED) is 0.605. The van der Waals surface area contributed by atoms with Crippen LogP contribution in [0.4, 0.5) is 0 Å². The van der Waals surface area contributed by atoms with Gasteiger partial charge in [0.15, 0.2) is 0 Å². The number of likely N-dealkylation sites (N-methyl/N-ethyl adjacent to an activating group) is 1. The summed E-state index contributed by atoms with van der Waals surface area (Å²) in [6, 6.07) is 1.66.